The molecule has 2 N–H and O–H groups in total. The average molecular weight is 359 g/mol. The van der Waals surface area contributed by atoms with Gasteiger partial charge in [-0.3, -0.25) is 0 Å². The Labute approximate surface area is 156 Å². The second-order valence-corrected chi connectivity index (χ2v) is 6.65. The SMILES string of the molecule is Cc1c([C@@](C=O)(c2ccc(O)cc2)c2ccc(F)cc2)[nH]c2ccccc12. The molecule has 3 aromatic carbocycles. The number of aromatic hydroxyl groups is 1. The van der Waals surface area contributed by atoms with Gasteiger partial charge in [-0.05, 0) is 53.9 Å². The fourth-order valence-electron chi connectivity index (χ4n) is 3.76. The first kappa shape index (κ1) is 17.0. The van der Waals surface area contributed by atoms with Gasteiger partial charge in [0.25, 0.3) is 0 Å². The molecule has 0 aliphatic carbocycles. The van der Waals surface area contributed by atoms with Crippen molar-refractivity contribution in [1.82, 2.24) is 4.98 Å². The third-order valence-corrected chi connectivity index (χ3v) is 5.16. The highest BCUT2D eigenvalue weighted by Crippen LogP contribution is 2.41. The molecule has 0 aliphatic heterocycles. The van der Waals surface area contributed by atoms with Crippen molar-refractivity contribution in [3.8, 4) is 5.75 Å². The number of nitrogens with one attached hydrogen (secondary N) is 1. The van der Waals surface area contributed by atoms with Crippen molar-refractivity contribution in [2.75, 3.05) is 0 Å². The molecule has 1 heterocycles. The molecule has 0 unspecified atom stereocenters. The van der Waals surface area contributed by atoms with Crippen molar-refractivity contribution in [3.63, 3.8) is 0 Å². The molecule has 0 radical (unpaired) electrons. The molecule has 1 atom stereocenters. The van der Waals surface area contributed by atoms with E-state index >= 15 is 0 Å². The Bertz CT molecular complexity index is 1070. The summed E-state index contributed by atoms with van der Waals surface area (Å²) in [5, 5.41) is 10.7. The number of hydrogen-bond acceptors (Lipinski definition) is 2. The molecule has 3 nitrogen and oxygen atoms in total. The van der Waals surface area contributed by atoms with Crippen LogP contribution in [-0.2, 0) is 10.2 Å². The van der Waals surface area contributed by atoms with Crippen LogP contribution in [0.15, 0.2) is 72.8 Å². The molecular weight excluding hydrogens is 341 g/mol. The molecule has 0 amide bonds. The zero-order valence-corrected chi connectivity index (χ0v) is 14.7. The average Bonchev–Trinajstić information content (AvgIpc) is 3.03. The molecule has 0 fully saturated rings. The number of H-pyrrole nitrogens is 1. The van der Waals surface area contributed by atoms with Gasteiger partial charge in [0.05, 0.1) is 0 Å². The highest BCUT2D eigenvalue weighted by Gasteiger charge is 2.39. The topological polar surface area (TPSA) is 53.1 Å². The Kier molecular flexibility index (Phi) is 4.04. The molecule has 4 rings (SSSR count). The zero-order valence-electron chi connectivity index (χ0n) is 14.7. The maximum atomic E-state index is 13.6. The molecule has 0 bridgehead atoms. The van der Waals surface area contributed by atoms with E-state index in [0.717, 1.165) is 28.4 Å². The lowest BCUT2D eigenvalue weighted by atomic mass is 9.72. The van der Waals surface area contributed by atoms with Gasteiger partial charge in [0.2, 0.25) is 0 Å². The van der Waals surface area contributed by atoms with Crippen molar-refractivity contribution < 1.29 is 14.3 Å². The Morgan fingerprint density at radius 3 is 2.11 bits per heavy atom. The first-order valence-corrected chi connectivity index (χ1v) is 8.66. The van der Waals surface area contributed by atoms with E-state index in [1.54, 1.807) is 36.4 Å². The van der Waals surface area contributed by atoms with E-state index in [2.05, 4.69) is 4.98 Å². The van der Waals surface area contributed by atoms with E-state index in [1.807, 2.05) is 31.2 Å². The summed E-state index contributed by atoms with van der Waals surface area (Å²) in [6.45, 7) is 1.97. The molecular formula is C23H18FNO2. The van der Waals surface area contributed by atoms with E-state index in [0.29, 0.717) is 11.1 Å². The molecule has 0 aliphatic rings. The molecule has 0 saturated carbocycles. The first-order valence-electron chi connectivity index (χ1n) is 8.66. The quantitative estimate of drug-likeness (QED) is 0.512. The number of para-hydroxylation sites is 1. The van der Waals surface area contributed by atoms with E-state index in [4.69, 9.17) is 0 Å². The smallest absolute Gasteiger partial charge is 0.140 e. The number of halogens is 1. The molecule has 134 valence electrons. The fraction of sp³-hybridized carbons (Fsp3) is 0.0870. The Balaban J connectivity index is 2.08. The van der Waals surface area contributed by atoms with E-state index in [-0.39, 0.29) is 11.6 Å². The minimum atomic E-state index is -1.15. The summed E-state index contributed by atoms with van der Waals surface area (Å²) < 4.78 is 13.6. The van der Waals surface area contributed by atoms with Crippen LogP contribution in [0.3, 0.4) is 0 Å². The lowest BCUT2D eigenvalue weighted by Crippen LogP contribution is -2.32. The number of phenols is 1. The highest BCUT2D eigenvalue weighted by molar-refractivity contribution is 5.90. The molecule has 0 saturated heterocycles. The number of aldehydes is 1. The van der Waals surface area contributed by atoms with Crippen LogP contribution in [0.2, 0.25) is 0 Å². The van der Waals surface area contributed by atoms with E-state index < -0.39 is 5.41 Å². The van der Waals surface area contributed by atoms with Crippen LogP contribution in [0, 0.1) is 12.7 Å². The van der Waals surface area contributed by atoms with Gasteiger partial charge in [0.15, 0.2) is 0 Å². The van der Waals surface area contributed by atoms with E-state index in [9.17, 15) is 14.3 Å². The summed E-state index contributed by atoms with van der Waals surface area (Å²) in [4.78, 5) is 16.0. The van der Waals surface area contributed by atoms with Crippen LogP contribution in [0.1, 0.15) is 22.4 Å². The molecule has 4 aromatic rings. The Hall–Kier alpha value is -3.40. The van der Waals surface area contributed by atoms with Crippen LogP contribution in [0.5, 0.6) is 5.75 Å². The number of hydrogen-bond donors (Lipinski definition) is 2. The fourth-order valence-corrected chi connectivity index (χ4v) is 3.76. The van der Waals surface area contributed by atoms with Gasteiger partial charge in [0, 0.05) is 16.6 Å². The number of benzene rings is 3. The van der Waals surface area contributed by atoms with Crippen LogP contribution >= 0.6 is 0 Å². The number of phenolic OH excluding ortho intramolecular Hbond substituents is 1. The lowest BCUT2D eigenvalue weighted by molar-refractivity contribution is -0.110. The minimum Gasteiger partial charge on any atom is -0.508 e. The van der Waals surface area contributed by atoms with Crippen LogP contribution in [-0.4, -0.2) is 16.4 Å². The lowest BCUT2D eigenvalue weighted by Gasteiger charge is -2.29. The summed E-state index contributed by atoms with van der Waals surface area (Å²) in [7, 11) is 0. The number of rotatable bonds is 4. The van der Waals surface area contributed by atoms with E-state index in [1.165, 1.54) is 12.1 Å². The minimum absolute atomic E-state index is 0.117. The number of carbonyl (C=O) groups is 1. The van der Waals surface area contributed by atoms with Gasteiger partial charge in [-0.2, -0.15) is 0 Å². The summed E-state index contributed by atoms with van der Waals surface area (Å²) in [5.41, 5.74) is 2.81. The third kappa shape index (κ3) is 2.61. The van der Waals surface area contributed by atoms with Crippen LogP contribution in [0.25, 0.3) is 10.9 Å². The van der Waals surface area contributed by atoms with Gasteiger partial charge < -0.3 is 14.9 Å². The van der Waals surface area contributed by atoms with Gasteiger partial charge in [-0.15, -0.1) is 0 Å². The highest BCUT2D eigenvalue weighted by atomic mass is 19.1. The number of fused-ring (bicyclic) bond motifs is 1. The molecule has 4 heteroatoms. The van der Waals surface area contributed by atoms with Crippen molar-refractivity contribution in [1.29, 1.82) is 0 Å². The molecule has 0 spiro atoms. The largest absolute Gasteiger partial charge is 0.508 e. The van der Waals surface area contributed by atoms with Gasteiger partial charge in [-0.1, -0.05) is 42.5 Å². The Morgan fingerprint density at radius 1 is 0.926 bits per heavy atom. The number of aromatic nitrogens is 1. The van der Waals surface area contributed by atoms with Crippen molar-refractivity contribution >= 4 is 17.2 Å². The normalized spacial score (nSPS) is 13.4. The summed E-state index contributed by atoms with van der Waals surface area (Å²) in [6.07, 6.45) is 0.879. The third-order valence-electron chi connectivity index (χ3n) is 5.16. The number of aromatic amines is 1. The van der Waals surface area contributed by atoms with Gasteiger partial charge in [-0.25, -0.2) is 4.39 Å². The summed E-state index contributed by atoms with van der Waals surface area (Å²) in [5.74, 6) is -0.247. The Morgan fingerprint density at radius 2 is 1.52 bits per heavy atom. The number of carbonyl (C=O) groups excluding carboxylic acids is 1. The zero-order chi connectivity index (χ0) is 19.0. The summed E-state index contributed by atoms with van der Waals surface area (Å²) >= 11 is 0. The second-order valence-electron chi connectivity index (χ2n) is 6.65. The predicted octanol–water partition coefficient (Wildman–Crippen LogP) is 4.85. The second kappa shape index (κ2) is 6.40. The molecule has 27 heavy (non-hydrogen) atoms. The van der Waals surface area contributed by atoms with Crippen molar-refractivity contribution in [2.45, 2.75) is 12.3 Å². The predicted molar refractivity (Wildman–Crippen MR) is 103 cm³/mol. The summed E-state index contributed by atoms with van der Waals surface area (Å²) in [6, 6.07) is 20.4. The maximum Gasteiger partial charge on any atom is 0.140 e. The monoisotopic (exact) mass is 359 g/mol. The maximum absolute atomic E-state index is 13.6. The van der Waals surface area contributed by atoms with Crippen molar-refractivity contribution in [3.05, 3.63) is 101 Å². The van der Waals surface area contributed by atoms with Gasteiger partial charge >= 0.3 is 0 Å². The first-order chi connectivity index (χ1) is 13.1. The van der Waals surface area contributed by atoms with Crippen LogP contribution in [0.4, 0.5) is 4.39 Å². The van der Waals surface area contributed by atoms with Gasteiger partial charge in [0.1, 0.15) is 23.3 Å². The molecule has 1 aromatic heterocycles. The van der Waals surface area contributed by atoms with Crippen LogP contribution < -0.4 is 0 Å². The van der Waals surface area contributed by atoms with Crippen molar-refractivity contribution in [2.24, 2.45) is 0 Å². The number of aryl methyl sites for hydroxylation is 1. The standard InChI is InChI=1S/C23H18FNO2/c1-15-20-4-2-3-5-21(20)25-22(15)23(14-26,16-6-10-18(24)11-7-16)17-8-12-19(27)13-9-17/h2-14,25,27H,1H3/t23-/m1/s1.